The van der Waals surface area contributed by atoms with Crippen LogP contribution in [0.1, 0.15) is 19.3 Å². The Labute approximate surface area is 113 Å². The van der Waals surface area contributed by atoms with E-state index in [1.54, 1.807) is 0 Å². The van der Waals surface area contributed by atoms with Crippen LogP contribution in [-0.4, -0.2) is 36.1 Å². The number of anilines is 1. The molecule has 2 atom stereocenters. The van der Waals surface area contributed by atoms with E-state index in [1.165, 1.54) is 19.4 Å². The van der Waals surface area contributed by atoms with Crippen LogP contribution in [0.4, 0.5) is 5.69 Å². The van der Waals surface area contributed by atoms with Gasteiger partial charge in [0.15, 0.2) is 0 Å². The third-order valence-corrected chi connectivity index (χ3v) is 4.66. The lowest BCUT2D eigenvalue weighted by Crippen LogP contribution is -2.53. The lowest BCUT2D eigenvalue weighted by Gasteiger charge is -2.36. The maximum atomic E-state index is 6.09. The van der Waals surface area contributed by atoms with Crippen LogP contribution in [0.25, 0.3) is 0 Å². The van der Waals surface area contributed by atoms with Gasteiger partial charge in [-0.3, -0.25) is 4.90 Å². The van der Waals surface area contributed by atoms with Crippen LogP contribution in [-0.2, 0) is 0 Å². The fourth-order valence-corrected chi connectivity index (χ4v) is 3.71. The summed E-state index contributed by atoms with van der Waals surface area (Å²) in [6, 6.07) is 8.52. The quantitative estimate of drug-likeness (QED) is 0.881. The molecule has 18 heavy (non-hydrogen) atoms. The Balaban J connectivity index is 1.84. The van der Waals surface area contributed by atoms with Gasteiger partial charge in [-0.2, -0.15) is 0 Å². The molecule has 1 aromatic rings. The number of fused-ring (bicyclic) bond motifs is 1. The van der Waals surface area contributed by atoms with Crippen LogP contribution < -0.4 is 11.1 Å². The minimum absolute atomic E-state index is 0.0290. The Morgan fingerprint density at radius 2 is 2.33 bits per heavy atom. The molecular formula is C14H20ClN3. The second-order valence-corrected chi connectivity index (χ2v) is 5.88. The van der Waals surface area contributed by atoms with E-state index in [2.05, 4.69) is 16.3 Å². The minimum Gasteiger partial charge on any atom is -0.377 e. The van der Waals surface area contributed by atoms with Crippen molar-refractivity contribution in [3.63, 3.8) is 0 Å². The van der Waals surface area contributed by atoms with Crippen LogP contribution in [0, 0.1) is 0 Å². The van der Waals surface area contributed by atoms with E-state index in [0.29, 0.717) is 12.6 Å². The van der Waals surface area contributed by atoms with Crippen LogP contribution >= 0.6 is 11.6 Å². The second-order valence-electron chi connectivity index (χ2n) is 5.44. The average Bonchev–Trinajstić information content (AvgIpc) is 2.93. The Morgan fingerprint density at radius 1 is 1.44 bits per heavy atom. The molecule has 1 aromatic carbocycles. The topological polar surface area (TPSA) is 41.3 Å². The van der Waals surface area contributed by atoms with Gasteiger partial charge in [-0.1, -0.05) is 17.7 Å². The molecule has 0 aromatic heterocycles. The Bertz CT molecular complexity index is 437. The molecule has 2 aliphatic rings. The maximum absolute atomic E-state index is 6.09. The Kier molecular flexibility index (Phi) is 3.22. The maximum Gasteiger partial charge on any atom is 0.0662 e. The smallest absolute Gasteiger partial charge is 0.0662 e. The number of hydrogen-bond donors (Lipinski definition) is 2. The lowest BCUT2D eigenvalue weighted by atomic mass is 9.88. The first-order valence-corrected chi connectivity index (χ1v) is 7.09. The predicted molar refractivity (Wildman–Crippen MR) is 76.1 cm³/mol. The highest BCUT2D eigenvalue weighted by molar-refractivity contribution is 6.30. The molecule has 0 aliphatic carbocycles. The summed E-state index contributed by atoms with van der Waals surface area (Å²) in [5, 5.41) is 4.44. The van der Waals surface area contributed by atoms with Gasteiger partial charge in [0.25, 0.3) is 0 Å². The summed E-state index contributed by atoms with van der Waals surface area (Å²) >= 11 is 6.05. The number of benzene rings is 1. The van der Waals surface area contributed by atoms with Crippen LogP contribution in [0.15, 0.2) is 24.3 Å². The summed E-state index contributed by atoms with van der Waals surface area (Å²) < 4.78 is 0. The van der Waals surface area contributed by atoms with Crippen molar-refractivity contribution in [2.45, 2.75) is 30.8 Å². The van der Waals surface area contributed by atoms with Gasteiger partial charge in [0.2, 0.25) is 0 Å². The Hall–Kier alpha value is -0.770. The summed E-state index contributed by atoms with van der Waals surface area (Å²) in [5.41, 5.74) is 7.20. The SMILES string of the molecule is NCC1(Nc2cccc(Cl)c2)CCN2CCCC21. The first-order chi connectivity index (χ1) is 8.73. The van der Waals surface area contributed by atoms with E-state index in [-0.39, 0.29) is 5.54 Å². The molecule has 4 heteroatoms. The first-order valence-electron chi connectivity index (χ1n) is 6.71. The number of nitrogens with two attached hydrogens (primary N) is 1. The molecule has 0 radical (unpaired) electrons. The van der Waals surface area contributed by atoms with E-state index in [9.17, 15) is 0 Å². The number of halogens is 1. The van der Waals surface area contributed by atoms with E-state index < -0.39 is 0 Å². The molecule has 3 nitrogen and oxygen atoms in total. The van der Waals surface area contributed by atoms with Crippen molar-refractivity contribution in [2.24, 2.45) is 5.73 Å². The molecule has 0 bridgehead atoms. The van der Waals surface area contributed by atoms with Gasteiger partial charge in [-0.15, -0.1) is 0 Å². The third kappa shape index (κ3) is 2.00. The molecule has 0 spiro atoms. The average molecular weight is 266 g/mol. The first kappa shape index (κ1) is 12.3. The van der Waals surface area contributed by atoms with Crippen LogP contribution in [0.5, 0.6) is 0 Å². The van der Waals surface area contributed by atoms with E-state index in [0.717, 1.165) is 23.7 Å². The van der Waals surface area contributed by atoms with Gasteiger partial charge >= 0.3 is 0 Å². The predicted octanol–water partition coefficient (Wildman–Crippen LogP) is 2.32. The van der Waals surface area contributed by atoms with Crippen LogP contribution in [0.3, 0.4) is 0 Å². The number of hydrogen-bond acceptors (Lipinski definition) is 3. The molecule has 3 N–H and O–H groups in total. The lowest BCUT2D eigenvalue weighted by molar-refractivity contribution is 0.280. The fourth-order valence-electron chi connectivity index (χ4n) is 3.52. The minimum atomic E-state index is 0.0290. The van der Waals surface area contributed by atoms with Gasteiger partial charge in [0.05, 0.1) is 5.54 Å². The van der Waals surface area contributed by atoms with E-state index >= 15 is 0 Å². The highest BCUT2D eigenvalue weighted by atomic mass is 35.5. The number of nitrogens with zero attached hydrogens (tertiary/aromatic N) is 1. The van der Waals surface area contributed by atoms with Crippen molar-refractivity contribution in [1.82, 2.24) is 4.90 Å². The zero-order chi connectivity index (χ0) is 12.6. The standard InChI is InChI=1S/C14H20ClN3/c15-11-3-1-4-12(9-11)17-14(10-16)6-8-18-7-2-5-13(14)18/h1,3-4,9,13,17H,2,5-8,10,16H2. The monoisotopic (exact) mass is 265 g/mol. The summed E-state index contributed by atoms with van der Waals surface area (Å²) in [5.74, 6) is 0. The summed E-state index contributed by atoms with van der Waals surface area (Å²) in [6.45, 7) is 3.07. The van der Waals surface area contributed by atoms with Crippen molar-refractivity contribution >= 4 is 17.3 Å². The zero-order valence-electron chi connectivity index (χ0n) is 10.5. The molecule has 2 heterocycles. The highest BCUT2D eigenvalue weighted by Crippen LogP contribution is 2.38. The largest absolute Gasteiger partial charge is 0.377 e. The Morgan fingerprint density at radius 3 is 3.11 bits per heavy atom. The molecule has 98 valence electrons. The van der Waals surface area contributed by atoms with Crippen molar-refractivity contribution in [1.29, 1.82) is 0 Å². The van der Waals surface area contributed by atoms with Crippen molar-refractivity contribution in [3.8, 4) is 0 Å². The van der Waals surface area contributed by atoms with Gasteiger partial charge in [-0.05, 0) is 44.0 Å². The van der Waals surface area contributed by atoms with Gasteiger partial charge < -0.3 is 11.1 Å². The third-order valence-electron chi connectivity index (χ3n) is 4.43. The molecular weight excluding hydrogens is 246 g/mol. The van der Waals surface area contributed by atoms with Crippen molar-refractivity contribution in [3.05, 3.63) is 29.3 Å². The number of nitrogens with one attached hydrogen (secondary N) is 1. The summed E-state index contributed by atoms with van der Waals surface area (Å²) in [6.07, 6.45) is 3.68. The molecule has 2 saturated heterocycles. The van der Waals surface area contributed by atoms with Crippen LogP contribution in [0.2, 0.25) is 5.02 Å². The molecule has 0 amide bonds. The molecule has 3 rings (SSSR count). The van der Waals surface area contributed by atoms with E-state index in [4.69, 9.17) is 17.3 Å². The van der Waals surface area contributed by atoms with E-state index in [1.807, 2.05) is 18.2 Å². The molecule has 2 aliphatic heterocycles. The molecule has 2 unspecified atom stereocenters. The van der Waals surface area contributed by atoms with Gasteiger partial charge in [0, 0.05) is 29.8 Å². The summed E-state index contributed by atoms with van der Waals surface area (Å²) in [4.78, 5) is 2.57. The highest BCUT2D eigenvalue weighted by Gasteiger charge is 2.48. The summed E-state index contributed by atoms with van der Waals surface area (Å²) in [7, 11) is 0. The fraction of sp³-hybridized carbons (Fsp3) is 0.571. The molecule has 0 saturated carbocycles. The normalized spacial score (nSPS) is 31.6. The molecule has 2 fully saturated rings. The van der Waals surface area contributed by atoms with Crippen molar-refractivity contribution < 1.29 is 0 Å². The van der Waals surface area contributed by atoms with Crippen molar-refractivity contribution in [2.75, 3.05) is 25.0 Å². The van der Waals surface area contributed by atoms with Gasteiger partial charge in [-0.25, -0.2) is 0 Å². The van der Waals surface area contributed by atoms with Gasteiger partial charge in [0.1, 0.15) is 0 Å². The second kappa shape index (κ2) is 4.72. The zero-order valence-corrected chi connectivity index (χ0v) is 11.3. The number of rotatable bonds is 3.